The third-order valence-electron chi connectivity index (χ3n) is 2.46. The summed E-state index contributed by atoms with van der Waals surface area (Å²) >= 11 is 0. The Balaban J connectivity index is 4.30. The van der Waals surface area contributed by atoms with Crippen molar-refractivity contribution in [2.75, 3.05) is 26.7 Å². The third-order valence-corrected chi connectivity index (χ3v) is 2.46. The van der Waals surface area contributed by atoms with E-state index in [1.54, 1.807) is 0 Å². The molecule has 0 aromatic heterocycles. The number of nitrogens with one attached hydrogen (secondary N) is 1. The standard InChI is InChI=1S/C12H24N2/c1-6-8-14(9-7-2)12(10-13-5)11(3)4/h1,11-13H,7-10H2,2-5H3. The number of hydrogen-bond acceptors (Lipinski definition) is 2. The van der Waals surface area contributed by atoms with E-state index >= 15 is 0 Å². The van der Waals surface area contributed by atoms with Crippen molar-refractivity contribution in [3.63, 3.8) is 0 Å². The van der Waals surface area contributed by atoms with Crippen LogP contribution in [0.15, 0.2) is 0 Å². The maximum atomic E-state index is 5.38. The summed E-state index contributed by atoms with van der Waals surface area (Å²) in [6.45, 7) is 9.56. The Morgan fingerprint density at radius 1 is 1.43 bits per heavy atom. The van der Waals surface area contributed by atoms with Gasteiger partial charge in [-0.1, -0.05) is 26.7 Å². The van der Waals surface area contributed by atoms with Gasteiger partial charge in [-0.05, 0) is 25.9 Å². The predicted molar refractivity (Wildman–Crippen MR) is 63.2 cm³/mol. The second kappa shape index (κ2) is 7.84. The van der Waals surface area contributed by atoms with Gasteiger partial charge >= 0.3 is 0 Å². The normalized spacial score (nSPS) is 13.2. The molecule has 0 heterocycles. The molecule has 0 saturated heterocycles. The quantitative estimate of drug-likeness (QED) is 0.622. The van der Waals surface area contributed by atoms with Crippen LogP contribution in [0.3, 0.4) is 0 Å². The molecule has 0 aliphatic heterocycles. The highest BCUT2D eigenvalue weighted by Gasteiger charge is 2.19. The number of hydrogen-bond donors (Lipinski definition) is 1. The van der Waals surface area contributed by atoms with Crippen molar-refractivity contribution in [1.82, 2.24) is 10.2 Å². The molecule has 0 spiro atoms. The average Bonchev–Trinajstić information content (AvgIpc) is 2.13. The average molecular weight is 196 g/mol. The van der Waals surface area contributed by atoms with E-state index in [4.69, 9.17) is 6.42 Å². The SMILES string of the molecule is C#CCN(CCC)C(CNC)C(C)C. The Kier molecular flexibility index (Phi) is 7.55. The number of nitrogens with zero attached hydrogens (tertiary/aromatic N) is 1. The van der Waals surface area contributed by atoms with Crippen LogP contribution in [0.1, 0.15) is 27.2 Å². The monoisotopic (exact) mass is 196 g/mol. The van der Waals surface area contributed by atoms with Crippen molar-refractivity contribution in [3.05, 3.63) is 0 Å². The first kappa shape index (κ1) is 13.5. The zero-order valence-electron chi connectivity index (χ0n) is 10.0. The van der Waals surface area contributed by atoms with Crippen LogP contribution in [0.2, 0.25) is 0 Å². The molecule has 0 bridgehead atoms. The highest BCUT2D eigenvalue weighted by atomic mass is 15.2. The van der Waals surface area contributed by atoms with Crippen LogP contribution >= 0.6 is 0 Å². The summed E-state index contributed by atoms with van der Waals surface area (Å²) in [6.07, 6.45) is 6.54. The highest BCUT2D eigenvalue weighted by Crippen LogP contribution is 2.10. The molecular weight excluding hydrogens is 172 g/mol. The molecule has 1 unspecified atom stereocenters. The molecule has 0 aromatic rings. The van der Waals surface area contributed by atoms with Gasteiger partial charge in [0.2, 0.25) is 0 Å². The fourth-order valence-corrected chi connectivity index (χ4v) is 1.76. The molecule has 2 heteroatoms. The van der Waals surface area contributed by atoms with E-state index < -0.39 is 0 Å². The van der Waals surface area contributed by atoms with E-state index in [9.17, 15) is 0 Å². The molecule has 1 N–H and O–H groups in total. The molecule has 0 aromatic carbocycles. The van der Waals surface area contributed by atoms with E-state index in [1.807, 2.05) is 7.05 Å². The van der Waals surface area contributed by atoms with Gasteiger partial charge in [-0.3, -0.25) is 4.90 Å². The Bertz CT molecular complexity index is 170. The Morgan fingerprint density at radius 2 is 2.07 bits per heavy atom. The minimum Gasteiger partial charge on any atom is -0.318 e. The van der Waals surface area contributed by atoms with Crippen LogP contribution in [-0.2, 0) is 0 Å². The van der Waals surface area contributed by atoms with Gasteiger partial charge < -0.3 is 5.32 Å². The molecule has 0 fully saturated rings. The molecule has 0 amide bonds. The van der Waals surface area contributed by atoms with E-state index in [1.165, 1.54) is 0 Å². The molecule has 0 aliphatic carbocycles. The van der Waals surface area contributed by atoms with Crippen LogP contribution in [0.25, 0.3) is 0 Å². The van der Waals surface area contributed by atoms with Crippen LogP contribution in [0, 0.1) is 18.3 Å². The van der Waals surface area contributed by atoms with Crippen LogP contribution in [-0.4, -0.2) is 37.6 Å². The number of rotatable bonds is 7. The van der Waals surface area contributed by atoms with E-state index in [0.29, 0.717) is 12.0 Å². The van der Waals surface area contributed by atoms with Crippen LogP contribution < -0.4 is 5.32 Å². The zero-order valence-corrected chi connectivity index (χ0v) is 10.0. The Hall–Kier alpha value is -0.520. The molecule has 0 rings (SSSR count). The lowest BCUT2D eigenvalue weighted by Gasteiger charge is -2.32. The van der Waals surface area contributed by atoms with Crippen molar-refractivity contribution < 1.29 is 0 Å². The number of terminal acetylenes is 1. The summed E-state index contributed by atoms with van der Waals surface area (Å²) in [6, 6.07) is 0.552. The lowest BCUT2D eigenvalue weighted by Crippen LogP contribution is -2.45. The summed E-state index contributed by atoms with van der Waals surface area (Å²) < 4.78 is 0. The van der Waals surface area contributed by atoms with Crippen LogP contribution in [0.5, 0.6) is 0 Å². The highest BCUT2D eigenvalue weighted by molar-refractivity contribution is 4.91. The second-order valence-corrected chi connectivity index (χ2v) is 4.04. The van der Waals surface area contributed by atoms with Gasteiger partial charge in [0.25, 0.3) is 0 Å². The largest absolute Gasteiger partial charge is 0.318 e. The topological polar surface area (TPSA) is 15.3 Å². The van der Waals surface area contributed by atoms with Gasteiger partial charge in [0.1, 0.15) is 0 Å². The molecule has 0 radical (unpaired) electrons. The van der Waals surface area contributed by atoms with Crippen LogP contribution in [0.4, 0.5) is 0 Å². The predicted octanol–water partition coefficient (Wildman–Crippen LogP) is 1.58. The van der Waals surface area contributed by atoms with Crippen molar-refractivity contribution >= 4 is 0 Å². The van der Waals surface area contributed by atoms with Crippen molar-refractivity contribution in [3.8, 4) is 12.3 Å². The Labute approximate surface area is 89.1 Å². The summed E-state index contributed by atoms with van der Waals surface area (Å²) in [4.78, 5) is 2.39. The number of likely N-dealkylation sites (N-methyl/N-ethyl adjacent to an activating group) is 1. The maximum absolute atomic E-state index is 5.38. The van der Waals surface area contributed by atoms with Crippen molar-refractivity contribution in [2.45, 2.75) is 33.2 Å². The maximum Gasteiger partial charge on any atom is 0.0601 e. The minimum atomic E-state index is 0.552. The van der Waals surface area contributed by atoms with Gasteiger partial charge in [-0.2, -0.15) is 0 Å². The van der Waals surface area contributed by atoms with Crippen molar-refractivity contribution in [2.24, 2.45) is 5.92 Å². The van der Waals surface area contributed by atoms with Gasteiger partial charge in [-0.25, -0.2) is 0 Å². The fraction of sp³-hybridized carbons (Fsp3) is 0.833. The molecular formula is C12H24N2. The van der Waals surface area contributed by atoms with E-state index in [-0.39, 0.29) is 0 Å². The second-order valence-electron chi connectivity index (χ2n) is 4.04. The molecule has 82 valence electrons. The van der Waals surface area contributed by atoms with E-state index in [0.717, 1.165) is 26.1 Å². The van der Waals surface area contributed by atoms with Crippen molar-refractivity contribution in [1.29, 1.82) is 0 Å². The lowest BCUT2D eigenvalue weighted by atomic mass is 10.0. The summed E-state index contributed by atoms with van der Waals surface area (Å²) in [5.74, 6) is 3.39. The molecule has 0 aliphatic rings. The Morgan fingerprint density at radius 3 is 2.43 bits per heavy atom. The van der Waals surface area contributed by atoms with E-state index in [2.05, 4.69) is 36.9 Å². The summed E-state index contributed by atoms with van der Waals surface area (Å²) in [5, 5.41) is 3.24. The minimum absolute atomic E-state index is 0.552. The molecule has 2 nitrogen and oxygen atoms in total. The first-order valence-corrected chi connectivity index (χ1v) is 5.49. The first-order chi connectivity index (χ1) is 6.67. The smallest absolute Gasteiger partial charge is 0.0601 e. The fourth-order valence-electron chi connectivity index (χ4n) is 1.76. The summed E-state index contributed by atoms with van der Waals surface area (Å²) in [5.41, 5.74) is 0. The summed E-state index contributed by atoms with van der Waals surface area (Å²) in [7, 11) is 2.00. The van der Waals surface area contributed by atoms with Gasteiger partial charge in [0.15, 0.2) is 0 Å². The van der Waals surface area contributed by atoms with Gasteiger partial charge in [0.05, 0.1) is 6.54 Å². The zero-order chi connectivity index (χ0) is 11.0. The molecule has 1 atom stereocenters. The molecule has 14 heavy (non-hydrogen) atoms. The third kappa shape index (κ3) is 4.64. The molecule has 0 saturated carbocycles. The first-order valence-electron chi connectivity index (χ1n) is 5.49. The lowest BCUT2D eigenvalue weighted by molar-refractivity contribution is 0.173. The van der Waals surface area contributed by atoms with Gasteiger partial charge in [0, 0.05) is 12.6 Å². The van der Waals surface area contributed by atoms with Gasteiger partial charge in [-0.15, -0.1) is 6.42 Å².